The van der Waals surface area contributed by atoms with Gasteiger partial charge in [-0.1, -0.05) is 6.08 Å². The molecule has 4 aliphatic heterocycles. The molecule has 0 aromatic carbocycles. The highest BCUT2D eigenvalue weighted by Crippen LogP contribution is 2.71. The van der Waals surface area contributed by atoms with Crippen LogP contribution in [0.15, 0.2) is 12.7 Å². The molecule has 0 aromatic heterocycles. The van der Waals surface area contributed by atoms with Gasteiger partial charge in [0.05, 0.1) is 36.4 Å². The minimum absolute atomic E-state index is 0.0373. The summed E-state index contributed by atoms with van der Waals surface area (Å²) in [5, 5.41) is 9.34. The molecular formula is C26H41N3O6S. The van der Waals surface area contributed by atoms with Crippen LogP contribution in [0.4, 0.5) is 0 Å². The molecule has 5 atom stereocenters. The number of fused-ring (bicyclic) bond motifs is 1. The molecular weight excluding hydrogens is 482 g/mol. The predicted octanol–water partition coefficient (Wildman–Crippen LogP) is 1.15. The van der Waals surface area contributed by atoms with Crippen molar-refractivity contribution < 1.29 is 29.0 Å². The predicted molar refractivity (Wildman–Crippen MR) is 137 cm³/mol. The van der Waals surface area contributed by atoms with Crippen molar-refractivity contribution in [3.05, 3.63) is 12.7 Å². The zero-order valence-corrected chi connectivity index (χ0v) is 22.5. The Morgan fingerprint density at radius 2 is 2.03 bits per heavy atom. The van der Waals surface area contributed by atoms with E-state index in [2.05, 4.69) is 18.4 Å². The van der Waals surface area contributed by atoms with Gasteiger partial charge in [0.15, 0.2) is 0 Å². The Hall–Kier alpha value is -1.62. The summed E-state index contributed by atoms with van der Waals surface area (Å²) < 4.78 is 9.83. The molecule has 202 valence electrons. The number of esters is 1. The molecule has 2 bridgehead atoms. The lowest BCUT2D eigenvalue weighted by Gasteiger charge is -2.38. The van der Waals surface area contributed by atoms with Gasteiger partial charge in [-0.15, -0.1) is 18.3 Å². The zero-order valence-electron chi connectivity index (χ0n) is 21.7. The number of morpholine rings is 1. The van der Waals surface area contributed by atoms with Crippen molar-refractivity contribution in [2.24, 2.45) is 11.8 Å². The van der Waals surface area contributed by atoms with E-state index in [1.807, 2.05) is 4.90 Å². The van der Waals surface area contributed by atoms with Crippen LogP contribution < -0.4 is 0 Å². The number of unbranched alkanes of at least 4 members (excludes halogenated alkanes) is 1. The molecule has 2 unspecified atom stereocenters. The van der Waals surface area contributed by atoms with E-state index in [9.17, 15) is 19.5 Å². The Kier molecular flexibility index (Phi) is 8.69. The molecule has 1 N–H and O–H groups in total. The molecule has 4 rings (SSSR count). The first-order chi connectivity index (χ1) is 17.3. The van der Waals surface area contributed by atoms with Gasteiger partial charge in [-0.2, -0.15) is 0 Å². The number of ether oxygens (including phenoxy) is 2. The number of aliphatic hydroxyl groups is 1. The monoisotopic (exact) mass is 523 g/mol. The first kappa shape index (κ1) is 27.4. The maximum atomic E-state index is 14.3. The fraction of sp³-hybridized carbons (Fsp3) is 0.808. The highest BCUT2D eigenvalue weighted by atomic mass is 32.2. The first-order valence-corrected chi connectivity index (χ1v) is 14.1. The number of amides is 2. The second kappa shape index (κ2) is 11.4. The average Bonchev–Trinajstić information content (AvgIpc) is 3.43. The molecule has 10 heteroatoms. The van der Waals surface area contributed by atoms with E-state index in [0.29, 0.717) is 45.7 Å². The van der Waals surface area contributed by atoms with Gasteiger partial charge in [0, 0.05) is 50.6 Å². The van der Waals surface area contributed by atoms with Gasteiger partial charge in [-0.3, -0.25) is 19.3 Å². The van der Waals surface area contributed by atoms with Crippen molar-refractivity contribution in [2.45, 2.75) is 55.1 Å². The fourth-order valence-electron chi connectivity index (χ4n) is 6.64. The Balaban J connectivity index is 1.63. The molecule has 0 radical (unpaired) electrons. The lowest BCUT2D eigenvalue weighted by atomic mass is 9.66. The number of aliphatic hydroxyl groups excluding tert-OH is 1. The van der Waals surface area contributed by atoms with E-state index in [1.165, 1.54) is 0 Å². The van der Waals surface area contributed by atoms with Crippen molar-refractivity contribution in [1.29, 1.82) is 0 Å². The smallest absolute Gasteiger partial charge is 0.311 e. The maximum absolute atomic E-state index is 14.3. The highest BCUT2D eigenvalue weighted by Gasteiger charge is 2.77. The van der Waals surface area contributed by atoms with Crippen molar-refractivity contribution >= 4 is 29.5 Å². The number of carbonyl (C=O) groups is 3. The number of hydrogen-bond donors (Lipinski definition) is 1. The summed E-state index contributed by atoms with van der Waals surface area (Å²) in [6.07, 6.45) is 4.40. The standard InChI is InChI=1S/C26H41N3O6S/c1-4-10-28(13-12-27-14-17-34-18-15-27)23(32)21-26-9-8-25(3,36-26)20(24(33)35-5-2)19(26)22(31)29(21)11-6-7-16-30/h4,19-21,30H,1,5-18H2,2-3H3/t19-,20-,21?,25+,26?/m0/s1. The molecule has 4 heterocycles. The van der Waals surface area contributed by atoms with Crippen molar-refractivity contribution in [1.82, 2.24) is 14.7 Å². The molecule has 4 saturated heterocycles. The maximum Gasteiger partial charge on any atom is 0.311 e. The summed E-state index contributed by atoms with van der Waals surface area (Å²) in [5.74, 6) is -1.63. The van der Waals surface area contributed by atoms with Crippen LogP contribution in [0, 0.1) is 11.8 Å². The van der Waals surface area contributed by atoms with Gasteiger partial charge in [0.2, 0.25) is 11.8 Å². The van der Waals surface area contributed by atoms with E-state index in [0.717, 1.165) is 32.5 Å². The van der Waals surface area contributed by atoms with Crippen LogP contribution in [-0.4, -0.2) is 119 Å². The first-order valence-electron chi connectivity index (χ1n) is 13.3. The van der Waals surface area contributed by atoms with Crippen molar-refractivity contribution in [2.75, 3.05) is 65.7 Å². The van der Waals surface area contributed by atoms with E-state index < -0.39 is 27.4 Å². The molecule has 0 saturated carbocycles. The van der Waals surface area contributed by atoms with Gasteiger partial charge >= 0.3 is 5.97 Å². The van der Waals surface area contributed by atoms with E-state index >= 15 is 0 Å². The topological polar surface area (TPSA) is 99.6 Å². The van der Waals surface area contributed by atoms with Crippen LogP contribution in [0.25, 0.3) is 0 Å². The van der Waals surface area contributed by atoms with Gasteiger partial charge in [-0.05, 0) is 39.5 Å². The lowest BCUT2D eigenvalue weighted by Crippen LogP contribution is -2.56. The number of hydrogen-bond acceptors (Lipinski definition) is 8. The molecule has 9 nitrogen and oxygen atoms in total. The van der Waals surface area contributed by atoms with E-state index in [-0.39, 0.29) is 31.0 Å². The molecule has 0 aromatic rings. The second-order valence-corrected chi connectivity index (χ2v) is 12.4. The SMILES string of the molecule is C=CCN(CCN1CCOCC1)C(=O)C1N(CCCCO)C(=O)[C@@H]2[C@@H](C(=O)OCC)[C@@]3(C)CCC12S3. The second-order valence-electron chi connectivity index (χ2n) is 10.5. The third-order valence-electron chi connectivity index (χ3n) is 8.31. The molecule has 4 aliphatic rings. The van der Waals surface area contributed by atoms with E-state index in [4.69, 9.17) is 9.47 Å². The zero-order chi connectivity index (χ0) is 25.9. The van der Waals surface area contributed by atoms with Crippen LogP contribution in [0.2, 0.25) is 0 Å². The van der Waals surface area contributed by atoms with Gasteiger partial charge in [0.25, 0.3) is 0 Å². The molecule has 2 amide bonds. The van der Waals surface area contributed by atoms with Crippen LogP contribution in [0.5, 0.6) is 0 Å². The number of thioether (sulfide) groups is 1. The van der Waals surface area contributed by atoms with Crippen LogP contribution in [0.1, 0.15) is 39.5 Å². The third kappa shape index (κ3) is 4.81. The number of rotatable bonds is 12. The van der Waals surface area contributed by atoms with Gasteiger partial charge < -0.3 is 24.4 Å². The lowest BCUT2D eigenvalue weighted by molar-refractivity contribution is -0.155. The normalized spacial score (nSPS) is 33.6. The number of nitrogens with zero attached hydrogens (tertiary/aromatic N) is 3. The number of carbonyl (C=O) groups excluding carboxylic acids is 3. The summed E-state index contributed by atoms with van der Waals surface area (Å²) in [6, 6.07) is -0.635. The summed E-state index contributed by atoms with van der Waals surface area (Å²) in [6.45, 7) is 13.2. The average molecular weight is 524 g/mol. The van der Waals surface area contributed by atoms with Crippen LogP contribution >= 0.6 is 11.8 Å². The summed E-state index contributed by atoms with van der Waals surface area (Å²) in [4.78, 5) is 47.2. The summed E-state index contributed by atoms with van der Waals surface area (Å²) in [7, 11) is 0. The Labute approximate surface area is 218 Å². The Morgan fingerprint density at radius 1 is 1.28 bits per heavy atom. The summed E-state index contributed by atoms with van der Waals surface area (Å²) >= 11 is 1.67. The summed E-state index contributed by atoms with van der Waals surface area (Å²) in [5.41, 5.74) is 0. The quantitative estimate of drug-likeness (QED) is 0.231. The third-order valence-corrected chi connectivity index (χ3v) is 10.3. The number of likely N-dealkylation sites (tertiary alicyclic amines) is 1. The minimum atomic E-state index is -0.641. The minimum Gasteiger partial charge on any atom is -0.466 e. The molecule has 0 aliphatic carbocycles. The molecule has 4 fully saturated rings. The highest BCUT2D eigenvalue weighted by molar-refractivity contribution is 8.02. The Bertz CT molecular complexity index is 852. The molecule has 1 spiro atoms. The Morgan fingerprint density at radius 3 is 2.69 bits per heavy atom. The van der Waals surface area contributed by atoms with Gasteiger partial charge in [-0.25, -0.2) is 0 Å². The van der Waals surface area contributed by atoms with Crippen molar-refractivity contribution in [3.63, 3.8) is 0 Å². The van der Waals surface area contributed by atoms with Crippen molar-refractivity contribution in [3.8, 4) is 0 Å². The molecule has 36 heavy (non-hydrogen) atoms. The largest absolute Gasteiger partial charge is 0.466 e. The van der Waals surface area contributed by atoms with Crippen LogP contribution in [-0.2, 0) is 23.9 Å². The van der Waals surface area contributed by atoms with E-state index in [1.54, 1.807) is 29.7 Å². The van der Waals surface area contributed by atoms with Gasteiger partial charge in [0.1, 0.15) is 6.04 Å². The fourth-order valence-corrected chi connectivity index (χ4v) is 8.98. The van der Waals surface area contributed by atoms with Crippen LogP contribution in [0.3, 0.4) is 0 Å².